The molecule has 3 heterocycles. The third-order valence-electron chi connectivity index (χ3n) is 4.84. The molecule has 0 aliphatic carbocycles. The van der Waals surface area contributed by atoms with Crippen LogP contribution in [0.5, 0.6) is 5.75 Å². The minimum atomic E-state index is -0.102. The Kier molecular flexibility index (Phi) is 3.76. The smallest absolute Gasteiger partial charge is 0.254 e. The van der Waals surface area contributed by atoms with E-state index >= 15 is 0 Å². The average molecular weight is 327 g/mol. The molecule has 0 radical (unpaired) electrons. The monoisotopic (exact) mass is 327 g/mol. The highest BCUT2D eigenvalue weighted by Gasteiger charge is 2.32. The molecule has 2 aliphatic heterocycles. The van der Waals surface area contributed by atoms with E-state index in [-0.39, 0.29) is 11.9 Å². The van der Waals surface area contributed by atoms with Crippen LogP contribution in [0, 0.1) is 13.8 Å². The van der Waals surface area contributed by atoms with E-state index in [9.17, 15) is 4.79 Å². The summed E-state index contributed by atoms with van der Waals surface area (Å²) in [5, 5.41) is 7.28. The van der Waals surface area contributed by atoms with Crippen molar-refractivity contribution in [3.63, 3.8) is 0 Å². The molecule has 1 aromatic heterocycles. The summed E-state index contributed by atoms with van der Waals surface area (Å²) in [6.07, 6.45) is 0.864. The molecular weight excluding hydrogens is 306 g/mol. The molecule has 0 saturated carbocycles. The Balaban J connectivity index is 1.66. The molecule has 24 heavy (non-hydrogen) atoms. The number of H-pyrrole nitrogens is 1. The maximum absolute atomic E-state index is 13.1. The number of morpholine rings is 1. The number of carbonyl (C=O) groups is 1. The second kappa shape index (κ2) is 5.94. The van der Waals surface area contributed by atoms with Crippen molar-refractivity contribution in [1.29, 1.82) is 0 Å². The highest BCUT2D eigenvalue weighted by Crippen LogP contribution is 2.31. The van der Waals surface area contributed by atoms with Gasteiger partial charge in [0.1, 0.15) is 5.75 Å². The van der Waals surface area contributed by atoms with Crippen LogP contribution in [-0.2, 0) is 11.2 Å². The molecule has 0 bridgehead atoms. The minimum absolute atomic E-state index is 0.0398. The van der Waals surface area contributed by atoms with Gasteiger partial charge in [-0.25, -0.2) is 0 Å². The molecule has 1 atom stereocenters. The largest absolute Gasteiger partial charge is 0.493 e. The molecule has 1 fully saturated rings. The Labute approximate surface area is 140 Å². The van der Waals surface area contributed by atoms with Crippen LogP contribution in [0.1, 0.15) is 38.9 Å². The lowest BCUT2D eigenvalue weighted by molar-refractivity contribution is -0.00302. The first-order valence-electron chi connectivity index (χ1n) is 8.31. The molecular formula is C18H21N3O3. The van der Waals surface area contributed by atoms with Crippen LogP contribution in [0.4, 0.5) is 0 Å². The predicted octanol–water partition coefficient (Wildman–Crippen LogP) is 2.18. The molecule has 2 aliphatic rings. The summed E-state index contributed by atoms with van der Waals surface area (Å²) in [4.78, 5) is 15.0. The number of aryl methyl sites for hydroxylation is 2. The van der Waals surface area contributed by atoms with Gasteiger partial charge in [0.15, 0.2) is 0 Å². The Morgan fingerprint density at radius 1 is 1.33 bits per heavy atom. The van der Waals surface area contributed by atoms with Gasteiger partial charge in [0.2, 0.25) is 0 Å². The number of hydrogen-bond donors (Lipinski definition) is 1. The lowest BCUT2D eigenvalue weighted by Crippen LogP contribution is -2.43. The van der Waals surface area contributed by atoms with Crippen LogP contribution in [0.3, 0.4) is 0 Å². The van der Waals surface area contributed by atoms with Gasteiger partial charge in [-0.1, -0.05) is 0 Å². The summed E-state index contributed by atoms with van der Waals surface area (Å²) in [7, 11) is 0. The first kappa shape index (κ1) is 15.2. The minimum Gasteiger partial charge on any atom is -0.493 e. The molecule has 4 rings (SSSR count). The van der Waals surface area contributed by atoms with Crippen LogP contribution >= 0.6 is 0 Å². The molecule has 1 unspecified atom stereocenters. The summed E-state index contributed by atoms with van der Waals surface area (Å²) in [5.74, 6) is 0.935. The van der Waals surface area contributed by atoms with Crippen molar-refractivity contribution >= 4 is 5.91 Å². The van der Waals surface area contributed by atoms with Crippen molar-refractivity contribution < 1.29 is 14.3 Å². The Morgan fingerprint density at radius 2 is 2.21 bits per heavy atom. The van der Waals surface area contributed by atoms with E-state index in [2.05, 4.69) is 10.2 Å². The molecule has 2 aromatic rings. The van der Waals surface area contributed by atoms with Crippen molar-refractivity contribution in [2.24, 2.45) is 0 Å². The van der Waals surface area contributed by atoms with Gasteiger partial charge >= 0.3 is 0 Å². The Bertz CT molecular complexity index is 764. The van der Waals surface area contributed by atoms with Crippen LogP contribution in [0.25, 0.3) is 0 Å². The molecule has 1 N–H and O–H groups in total. The number of amides is 1. The van der Waals surface area contributed by atoms with Crippen molar-refractivity contribution in [2.75, 3.05) is 26.4 Å². The van der Waals surface area contributed by atoms with Crippen LogP contribution in [-0.4, -0.2) is 47.4 Å². The number of aromatic amines is 1. The zero-order valence-electron chi connectivity index (χ0n) is 14.0. The molecule has 1 aromatic carbocycles. The third kappa shape index (κ3) is 2.47. The van der Waals surface area contributed by atoms with Gasteiger partial charge in [-0.3, -0.25) is 9.89 Å². The van der Waals surface area contributed by atoms with E-state index in [0.717, 1.165) is 34.7 Å². The first-order valence-corrected chi connectivity index (χ1v) is 8.31. The normalized spacial score (nSPS) is 19.9. The van der Waals surface area contributed by atoms with Crippen LogP contribution in [0.2, 0.25) is 0 Å². The van der Waals surface area contributed by atoms with Crippen molar-refractivity contribution in [3.8, 4) is 5.75 Å². The Morgan fingerprint density at radius 3 is 3.00 bits per heavy atom. The number of benzene rings is 1. The van der Waals surface area contributed by atoms with E-state index in [1.54, 1.807) is 0 Å². The topological polar surface area (TPSA) is 67.5 Å². The number of ether oxygens (including phenoxy) is 2. The quantitative estimate of drug-likeness (QED) is 0.918. The first-order chi connectivity index (χ1) is 11.6. The maximum atomic E-state index is 13.1. The van der Waals surface area contributed by atoms with Gasteiger partial charge in [0.05, 0.1) is 31.6 Å². The fourth-order valence-electron chi connectivity index (χ4n) is 3.62. The van der Waals surface area contributed by atoms with E-state index < -0.39 is 0 Å². The SMILES string of the molecule is Cc1n[nH]c(C)c1C1COCCN1C(=O)c1ccc2c(c1)CCO2. The van der Waals surface area contributed by atoms with Gasteiger partial charge in [-0.05, 0) is 37.6 Å². The summed E-state index contributed by atoms with van der Waals surface area (Å²) < 4.78 is 11.2. The molecule has 1 saturated heterocycles. The average Bonchev–Trinajstić information content (AvgIpc) is 3.20. The number of aromatic nitrogens is 2. The summed E-state index contributed by atoms with van der Waals surface area (Å²) >= 11 is 0. The van der Waals surface area contributed by atoms with Crippen LogP contribution < -0.4 is 4.74 Å². The van der Waals surface area contributed by atoms with Gasteiger partial charge in [-0.15, -0.1) is 0 Å². The van der Waals surface area contributed by atoms with Crippen molar-refractivity contribution in [3.05, 3.63) is 46.3 Å². The van der Waals surface area contributed by atoms with Crippen molar-refractivity contribution in [1.82, 2.24) is 15.1 Å². The number of hydrogen-bond acceptors (Lipinski definition) is 4. The second-order valence-electron chi connectivity index (χ2n) is 6.36. The fraction of sp³-hybridized carbons (Fsp3) is 0.444. The van der Waals surface area contributed by atoms with E-state index in [4.69, 9.17) is 9.47 Å². The Hall–Kier alpha value is -2.34. The zero-order valence-corrected chi connectivity index (χ0v) is 14.0. The van der Waals surface area contributed by atoms with E-state index in [1.165, 1.54) is 0 Å². The molecule has 126 valence electrons. The maximum Gasteiger partial charge on any atom is 0.254 e. The van der Waals surface area contributed by atoms with Gasteiger partial charge in [0.25, 0.3) is 5.91 Å². The zero-order chi connectivity index (χ0) is 16.7. The summed E-state index contributed by atoms with van der Waals surface area (Å²) in [6, 6.07) is 5.62. The van der Waals surface area contributed by atoms with Gasteiger partial charge in [0, 0.05) is 29.8 Å². The summed E-state index contributed by atoms with van der Waals surface area (Å²) in [6.45, 7) is 6.29. The van der Waals surface area contributed by atoms with E-state index in [1.807, 2.05) is 36.9 Å². The number of fused-ring (bicyclic) bond motifs is 1. The highest BCUT2D eigenvalue weighted by molar-refractivity contribution is 5.95. The molecule has 0 spiro atoms. The van der Waals surface area contributed by atoms with Crippen molar-refractivity contribution in [2.45, 2.75) is 26.3 Å². The second-order valence-corrected chi connectivity index (χ2v) is 6.36. The van der Waals surface area contributed by atoms with Gasteiger partial charge in [-0.2, -0.15) is 5.10 Å². The fourth-order valence-corrected chi connectivity index (χ4v) is 3.62. The van der Waals surface area contributed by atoms with Crippen LogP contribution in [0.15, 0.2) is 18.2 Å². The lowest BCUT2D eigenvalue weighted by atomic mass is 10.0. The molecule has 1 amide bonds. The van der Waals surface area contributed by atoms with Gasteiger partial charge < -0.3 is 14.4 Å². The lowest BCUT2D eigenvalue weighted by Gasteiger charge is -2.36. The third-order valence-corrected chi connectivity index (χ3v) is 4.84. The summed E-state index contributed by atoms with van der Waals surface area (Å²) in [5.41, 5.74) is 4.80. The number of nitrogens with zero attached hydrogens (tertiary/aromatic N) is 2. The molecule has 6 heteroatoms. The highest BCUT2D eigenvalue weighted by atomic mass is 16.5. The predicted molar refractivity (Wildman–Crippen MR) is 88.3 cm³/mol. The molecule has 6 nitrogen and oxygen atoms in total. The van der Waals surface area contributed by atoms with E-state index in [0.29, 0.717) is 31.9 Å². The number of carbonyl (C=O) groups excluding carboxylic acids is 1. The standard InChI is InChI=1S/C18H21N3O3/c1-11-17(12(2)20-19-11)15-10-23-8-6-21(15)18(22)14-3-4-16-13(9-14)5-7-24-16/h3-4,9,15H,5-8,10H2,1-2H3,(H,19,20). The number of rotatable bonds is 2. The number of nitrogens with one attached hydrogen (secondary N) is 1.